The average Bonchev–Trinajstić information content (AvgIpc) is 2.82. The van der Waals surface area contributed by atoms with Crippen molar-refractivity contribution in [2.24, 2.45) is 0 Å². The molecule has 1 aromatic carbocycles. The van der Waals surface area contributed by atoms with Crippen LogP contribution in [-0.4, -0.2) is 15.7 Å². The summed E-state index contributed by atoms with van der Waals surface area (Å²) in [4.78, 5) is 12.0. The quantitative estimate of drug-likeness (QED) is 0.920. The van der Waals surface area contributed by atoms with Gasteiger partial charge in [0.15, 0.2) is 0 Å². The fourth-order valence-corrected chi connectivity index (χ4v) is 2.19. The van der Waals surface area contributed by atoms with E-state index in [1.54, 1.807) is 6.20 Å². The lowest BCUT2D eigenvalue weighted by atomic mass is 10.0. The highest BCUT2D eigenvalue weighted by atomic mass is 35.5. The maximum Gasteiger partial charge on any atom is 0.242 e. The Morgan fingerprint density at radius 1 is 1.40 bits per heavy atom. The van der Waals surface area contributed by atoms with Gasteiger partial charge in [-0.15, -0.1) is 0 Å². The molecule has 1 aromatic heterocycles. The lowest BCUT2D eigenvalue weighted by Gasteiger charge is -2.17. The molecule has 0 unspecified atom stereocenters. The van der Waals surface area contributed by atoms with Crippen LogP contribution in [0, 0.1) is 6.92 Å². The molecule has 1 N–H and O–H groups in total. The Kier molecular flexibility index (Phi) is 4.79. The van der Waals surface area contributed by atoms with Gasteiger partial charge in [-0.25, -0.2) is 0 Å². The van der Waals surface area contributed by atoms with Crippen molar-refractivity contribution in [2.45, 2.75) is 32.9 Å². The Labute approximate surface area is 123 Å². The van der Waals surface area contributed by atoms with E-state index in [4.69, 9.17) is 11.6 Å². The first-order valence-corrected chi connectivity index (χ1v) is 7.00. The van der Waals surface area contributed by atoms with E-state index >= 15 is 0 Å². The second kappa shape index (κ2) is 6.57. The molecule has 0 fully saturated rings. The average molecular weight is 292 g/mol. The second-order valence-corrected chi connectivity index (χ2v) is 5.23. The molecule has 5 heteroatoms. The van der Waals surface area contributed by atoms with Crippen LogP contribution in [0.15, 0.2) is 36.7 Å². The van der Waals surface area contributed by atoms with E-state index in [0.717, 1.165) is 12.0 Å². The molecule has 106 valence electrons. The van der Waals surface area contributed by atoms with Crippen LogP contribution in [0.1, 0.15) is 30.5 Å². The van der Waals surface area contributed by atoms with Crippen LogP contribution in [0.2, 0.25) is 5.02 Å². The van der Waals surface area contributed by atoms with Gasteiger partial charge in [-0.05, 0) is 18.9 Å². The predicted molar refractivity (Wildman–Crippen MR) is 79.6 cm³/mol. The van der Waals surface area contributed by atoms with Gasteiger partial charge in [0.1, 0.15) is 6.54 Å². The minimum atomic E-state index is -0.0720. The molecule has 0 radical (unpaired) electrons. The molecule has 0 saturated heterocycles. The van der Waals surface area contributed by atoms with Crippen molar-refractivity contribution < 1.29 is 4.79 Å². The Morgan fingerprint density at radius 2 is 2.10 bits per heavy atom. The zero-order valence-electron chi connectivity index (χ0n) is 11.6. The summed E-state index contributed by atoms with van der Waals surface area (Å²) in [5, 5.41) is 7.55. The Hall–Kier alpha value is -1.81. The molecule has 0 bridgehead atoms. The lowest BCUT2D eigenvalue weighted by molar-refractivity contribution is -0.122. The van der Waals surface area contributed by atoms with Crippen molar-refractivity contribution in [2.75, 3.05) is 0 Å². The number of amides is 1. The number of hydrogen-bond acceptors (Lipinski definition) is 2. The molecule has 0 aliphatic heterocycles. The van der Waals surface area contributed by atoms with Crippen molar-refractivity contribution in [3.8, 4) is 0 Å². The SMILES string of the molecule is CC[C@@H](NC(=O)Cn1cc(Cl)cn1)c1ccc(C)cc1. The molecule has 1 amide bonds. The van der Waals surface area contributed by atoms with Gasteiger partial charge in [0.05, 0.1) is 17.3 Å². The summed E-state index contributed by atoms with van der Waals surface area (Å²) in [7, 11) is 0. The summed E-state index contributed by atoms with van der Waals surface area (Å²) in [5.41, 5.74) is 2.33. The molecule has 2 aromatic rings. The normalized spacial score (nSPS) is 12.2. The molecule has 0 spiro atoms. The minimum Gasteiger partial charge on any atom is -0.348 e. The number of benzene rings is 1. The highest BCUT2D eigenvalue weighted by Crippen LogP contribution is 2.17. The number of carbonyl (C=O) groups is 1. The van der Waals surface area contributed by atoms with E-state index in [1.807, 2.05) is 6.92 Å². The van der Waals surface area contributed by atoms with Gasteiger partial charge in [-0.2, -0.15) is 5.10 Å². The Morgan fingerprint density at radius 3 is 2.65 bits per heavy atom. The summed E-state index contributed by atoms with van der Waals surface area (Å²) in [6.45, 7) is 4.27. The monoisotopic (exact) mass is 291 g/mol. The van der Waals surface area contributed by atoms with Gasteiger partial charge in [0.25, 0.3) is 0 Å². The maximum atomic E-state index is 12.0. The topological polar surface area (TPSA) is 46.9 Å². The molecule has 1 heterocycles. The van der Waals surface area contributed by atoms with Gasteiger partial charge in [-0.1, -0.05) is 48.4 Å². The van der Waals surface area contributed by atoms with E-state index in [1.165, 1.54) is 16.4 Å². The Bertz CT molecular complexity index is 577. The fourth-order valence-electron chi connectivity index (χ4n) is 2.03. The summed E-state index contributed by atoms with van der Waals surface area (Å²) in [5.74, 6) is -0.0720. The fraction of sp³-hybridized carbons (Fsp3) is 0.333. The van der Waals surface area contributed by atoms with Crippen LogP contribution >= 0.6 is 11.6 Å². The number of carbonyl (C=O) groups excluding carboxylic acids is 1. The molecule has 0 aliphatic carbocycles. The number of nitrogens with one attached hydrogen (secondary N) is 1. The van der Waals surface area contributed by atoms with E-state index in [0.29, 0.717) is 5.02 Å². The highest BCUT2D eigenvalue weighted by Gasteiger charge is 2.13. The van der Waals surface area contributed by atoms with Crippen molar-refractivity contribution in [3.63, 3.8) is 0 Å². The van der Waals surface area contributed by atoms with Crippen LogP contribution < -0.4 is 5.32 Å². The molecule has 1 atom stereocenters. The molecule has 2 rings (SSSR count). The van der Waals surface area contributed by atoms with Crippen LogP contribution in [0.5, 0.6) is 0 Å². The van der Waals surface area contributed by atoms with E-state index in [-0.39, 0.29) is 18.5 Å². The minimum absolute atomic E-state index is 0.0223. The van der Waals surface area contributed by atoms with Gasteiger partial charge >= 0.3 is 0 Å². The zero-order valence-corrected chi connectivity index (χ0v) is 12.4. The third kappa shape index (κ3) is 3.84. The van der Waals surface area contributed by atoms with Crippen molar-refractivity contribution >= 4 is 17.5 Å². The second-order valence-electron chi connectivity index (χ2n) is 4.80. The van der Waals surface area contributed by atoms with Gasteiger partial charge in [0.2, 0.25) is 5.91 Å². The predicted octanol–water partition coefficient (Wildman–Crippen LogP) is 3.11. The third-order valence-corrected chi connectivity index (χ3v) is 3.33. The number of aromatic nitrogens is 2. The zero-order chi connectivity index (χ0) is 14.5. The molecule has 4 nitrogen and oxygen atoms in total. The number of nitrogens with zero attached hydrogens (tertiary/aromatic N) is 2. The van der Waals surface area contributed by atoms with E-state index < -0.39 is 0 Å². The number of rotatable bonds is 5. The highest BCUT2D eigenvalue weighted by molar-refractivity contribution is 6.30. The van der Waals surface area contributed by atoms with Crippen LogP contribution in [-0.2, 0) is 11.3 Å². The molecule has 20 heavy (non-hydrogen) atoms. The summed E-state index contributed by atoms with van der Waals surface area (Å²) in [6, 6.07) is 8.23. The first-order chi connectivity index (χ1) is 9.58. The van der Waals surface area contributed by atoms with E-state index in [2.05, 4.69) is 41.6 Å². The van der Waals surface area contributed by atoms with Crippen LogP contribution in [0.3, 0.4) is 0 Å². The number of hydrogen-bond donors (Lipinski definition) is 1. The summed E-state index contributed by atoms with van der Waals surface area (Å²) in [6.07, 6.45) is 3.99. The molecule has 0 saturated carbocycles. The van der Waals surface area contributed by atoms with Crippen LogP contribution in [0.25, 0.3) is 0 Å². The van der Waals surface area contributed by atoms with Crippen molar-refractivity contribution in [3.05, 3.63) is 52.8 Å². The van der Waals surface area contributed by atoms with Crippen molar-refractivity contribution in [1.82, 2.24) is 15.1 Å². The lowest BCUT2D eigenvalue weighted by Crippen LogP contribution is -2.31. The van der Waals surface area contributed by atoms with Gasteiger partial charge in [-0.3, -0.25) is 9.48 Å². The summed E-state index contributed by atoms with van der Waals surface area (Å²) >= 11 is 5.77. The van der Waals surface area contributed by atoms with Gasteiger partial charge in [0, 0.05) is 6.20 Å². The summed E-state index contributed by atoms with van der Waals surface area (Å²) < 4.78 is 1.53. The van der Waals surface area contributed by atoms with E-state index in [9.17, 15) is 4.79 Å². The smallest absolute Gasteiger partial charge is 0.242 e. The van der Waals surface area contributed by atoms with Gasteiger partial charge < -0.3 is 5.32 Å². The van der Waals surface area contributed by atoms with Crippen molar-refractivity contribution in [1.29, 1.82) is 0 Å². The standard InChI is InChI=1S/C15H18ClN3O/c1-3-14(12-6-4-11(2)5-7-12)18-15(20)10-19-9-13(16)8-17-19/h4-9,14H,3,10H2,1-2H3,(H,18,20)/t14-/m1/s1. The third-order valence-electron chi connectivity index (χ3n) is 3.13. The number of halogens is 1. The first-order valence-electron chi connectivity index (χ1n) is 6.62. The molecule has 0 aliphatic rings. The molecular weight excluding hydrogens is 274 g/mol. The largest absolute Gasteiger partial charge is 0.348 e. The van der Waals surface area contributed by atoms with Crippen LogP contribution in [0.4, 0.5) is 0 Å². The Balaban J connectivity index is 1.99. The maximum absolute atomic E-state index is 12.0. The number of aryl methyl sites for hydroxylation is 1. The first kappa shape index (κ1) is 14.6. The molecular formula is C15H18ClN3O.